The third-order valence-electron chi connectivity index (χ3n) is 3.39. The highest BCUT2D eigenvalue weighted by Gasteiger charge is 2.08. The molecule has 0 atom stereocenters. The lowest BCUT2D eigenvalue weighted by Gasteiger charge is -2.21. The molecule has 0 fully saturated rings. The van der Waals surface area contributed by atoms with Gasteiger partial charge in [0.05, 0.1) is 18.1 Å². The summed E-state index contributed by atoms with van der Waals surface area (Å²) in [7, 11) is 5.73. The van der Waals surface area contributed by atoms with Gasteiger partial charge in [-0.2, -0.15) is 0 Å². The van der Waals surface area contributed by atoms with E-state index in [4.69, 9.17) is 11.6 Å². The molecule has 0 saturated heterocycles. The molecule has 1 aromatic heterocycles. The summed E-state index contributed by atoms with van der Waals surface area (Å²) < 4.78 is 2.02. The third kappa shape index (κ3) is 6.10. The van der Waals surface area contributed by atoms with E-state index in [9.17, 15) is 0 Å². The van der Waals surface area contributed by atoms with Crippen molar-refractivity contribution in [2.75, 3.05) is 20.6 Å². The molecule has 0 radical (unpaired) electrons. The fourth-order valence-corrected chi connectivity index (χ4v) is 2.49. The van der Waals surface area contributed by atoms with Gasteiger partial charge in [-0.1, -0.05) is 41.6 Å². The van der Waals surface area contributed by atoms with Crippen molar-refractivity contribution < 1.29 is 0 Å². The smallest absolute Gasteiger partial charge is 0.194 e. The highest BCUT2D eigenvalue weighted by Crippen LogP contribution is 2.14. The Balaban J connectivity index is 0.00000288. The molecule has 0 amide bonds. The Morgan fingerprint density at radius 3 is 2.62 bits per heavy atom. The van der Waals surface area contributed by atoms with Gasteiger partial charge in [-0.05, 0) is 18.2 Å². The second kappa shape index (κ2) is 10.3. The van der Waals surface area contributed by atoms with Gasteiger partial charge < -0.3 is 14.8 Å². The molecule has 0 unspecified atom stereocenters. The van der Waals surface area contributed by atoms with Crippen molar-refractivity contribution in [3.8, 4) is 11.8 Å². The van der Waals surface area contributed by atoms with E-state index in [0.29, 0.717) is 6.54 Å². The molecule has 1 N–H and O–H groups in total. The van der Waals surface area contributed by atoms with Crippen molar-refractivity contribution in [2.45, 2.75) is 6.54 Å². The van der Waals surface area contributed by atoms with E-state index in [1.807, 2.05) is 66.2 Å². The van der Waals surface area contributed by atoms with Gasteiger partial charge in [0.1, 0.15) is 0 Å². The third-order valence-corrected chi connectivity index (χ3v) is 3.60. The minimum absolute atomic E-state index is 0. The zero-order valence-electron chi connectivity index (χ0n) is 14.1. The number of rotatable bonds is 3. The van der Waals surface area contributed by atoms with Gasteiger partial charge >= 0.3 is 0 Å². The zero-order valence-corrected chi connectivity index (χ0v) is 17.2. The quantitative estimate of drug-likeness (QED) is 0.332. The summed E-state index contributed by atoms with van der Waals surface area (Å²) in [6.07, 6.45) is 1.90. The standard InChI is InChI=1S/C18H21ClN4.HI/c1-20-18(21-11-7-10-15-8-5-4-6-9-15)23(3)14-17-12-16(19)13-22(17)2;/h4-6,8-9,12-13H,11,14H2,1-3H3,(H,20,21);1H. The second-order valence-electron chi connectivity index (χ2n) is 5.19. The summed E-state index contributed by atoms with van der Waals surface area (Å²) in [6.45, 7) is 1.26. The van der Waals surface area contributed by atoms with Crippen molar-refractivity contribution in [3.05, 3.63) is 58.9 Å². The topological polar surface area (TPSA) is 32.6 Å². The fourth-order valence-electron chi connectivity index (χ4n) is 2.22. The normalized spacial score (nSPS) is 10.4. The number of aliphatic imine (C=N–C) groups is 1. The molecule has 1 aromatic carbocycles. The largest absolute Gasteiger partial charge is 0.351 e. The molecule has 6 heteroatoms. The van der Waals surface area contributed by atoms with Crippen LogP contribution in [0.3, 0.4) is 0 Å². The van der Waals surface area contributed by atoms with Crippen LogP contribution in [0.25, 0.3) is 0 Å². The SMILES string of the molecule is CN=C(NCC#Cc1ccccc1)N(C)Cc1cc(Cl)cn1C.I. The van der Waals surface area contributed by atoms with Crippen LogP contribution in [0.2, 0.25) is 5.02 Å². The van der Waals surface area contributed by atoms with Gasteiger partial charge in [-0.3, -0.25) is 4.99 Å². The predicted octanol–water partition coefficient (Wildman–Crippen LogP) is 3.36. The van der Waals surface area contributed by atoms with E-state index < -0.39 is 0 Å². The van der Waals surface area contributed by atoms with E-state index in [1.54, 1.807) is 7.05 Å². The Labute approximate surface area is 165 Å². The minimum Gasteiger partial charge on any atom is -0.351 e. The van der Waals surface area contributed by atoms with Crippen LogP contribution < -0.4 is 5.32 Å². The predicted molar refractivity (Wildman–Crippen MR) is 112 cm³/mol. The lowest BCUT2D eigenvalue weighted by atomic mass is 10.2. The Morgan fingerprint density at radius 1 is 1.33 bits per heavy atom. The van der Waals surface area contributed by atoms with E-state index in [2.05, 4.69) is 22.2 Å². The van der Waals surface area contributed by atoms with E-state index in [1.165, 1.54) is 0 Å². The summed E-state index contributed by atoms with van der Waals surface area (Å²) >= 11 is 6.02. The van der Waals surface area contributed by atoms with Crippen LogP contribution in [0.15, 0.2) is 47.6 Å². The molecule has 2 aromatic rings. The number of benzene rings is 1. The molecule has 24 heavy (non-hydrogen) atoms. The number of hydrogen-bond donors (Lipinski definition) is 1. The summed E-state index contributed by atoms with van der Waals surface area (Å²) in [4.78, 5) is 6.32. The first kappa shape index (κ1) is 20.4. The van der Waals surface area contributed by atoms with Crippen LogP contribution in [-0.2, 0) is 13.6 Å². The Kier molecular flexibility index (Phi) is 8.72. The molecule has 0 aliphatic carbocycles. The van der Waals surface area contributed by atoms with Crippen molar-refractivity contribution in [1.29, 1.82) is 0 Å². The number of guanidine groups is 1. The van der Waals surface area contributed by atoms with Crippen LogP contribution in [0.5, 0.6) is 0 Å². The van der Waals surface area contributed by atoms with E-state index in [0.717, 1.165) is 28.8 Å². The number of aromatic nitrogens is 1. The van der Waals surface area contributed by atoms with Gasteiger partial charge in [0.25, 0.3) is 0 Å². The first-order chi connectivity index (χ1) is 11.1. The van der Waals surface area contributed by atoms with Gasteiger partial charge in [0.15, 0.2) is 5.96 Å². The second-order valence-corrected chi connectivity index (χ2v) is 5.62. The van der Waals surface area contributed by atoms with Gasteiger partial charge in [-0.25, -0.2) is 0 Å². The maximum atomic E-state index is 6.02. The van der Waals surface area contributed by atoms with Crippen molar-refractivity contribution in [1.82, 2.24) is 14.8 Å². The van der Waals surface area contributed by atoms with E-state index >= 15 is 0 Å². The van der Waals surface area contributed by atoms with Crippen LogP contribution in [0, 0.1) is 11.8 Å². The highest BCUT2D eigenvalue weighted by atomic mass is 127. The van der Waals surface area contributed by atoms with Gasteiger partial charge in [-0.15, -0.1) is 24.0 Å². The van der Waals surface area contributed by atoms with Crippen molar-refractivity contribution in [3.63, 3.8) is 0 Å². The number of aryl methyl sites for hydroxylation is 1. The first-order valence-corrected chi connectivity index (χ1v) is 7.74. The average molecular weight is 457 g/mol. The summed E-state index contributed by atoms with van der Waals surface area (Å²) in [5, 5.41) is 3.99. The number of hydrogen-bond acceptors (Lipinski definition) is 1. The summed E-state index contributed by atoms with van der Waals surface area (Å²) in [5.74, 6) is 7.02. The maximum Gasteiger partial charge on any atom is 0.194 e. The van der Waals surface area contributed by atoms with Crippen molar-refractivity contribution in [2.24, 2.45) is 12.0 Å². The minimum atomic E-state index is 0. The molecule has 0 spiro atoms. The molecule has 1 heterocycles. The molecular weight excluding hydrogens is 435 g/mol. The van der Waals surface area contributed by atoms with Gasteiger partial charge in [0, 0.05) is 38.6 Å². The average Bonchev–Trinajstić information content (AvgIpc) is 2.85. The summed E-state index contributed by atoms with van der Waals surface area (Å²) in [6, 6.07) is 11.9. The molecular formula is C18H22ClIN4. The monoisotopic (exact) mass is 456 g/mol. The summed E-state index contributed by atoms with van der Waals surface area (Å²) in [5.41, 5.74) is 2.13. The number of halogens is 2. The fraction of sp³-hybridized carbons (Fsp3) is 0.278. The molecule has 0 aliphatic rings. The molecule has 4 nitrogen and oxygen atoms in total. The Morgan fingerprint density at radius 2 is 2.04 bits per heavy atom. The van der Waals surface area contributed by atoms with Crippen LogP contribution >= 0.6 is 35.6 Å². The zero-order chi connectivity index (χ0) is 16.7. The molecule has 2 rings (SSSR count). The van der Waals surface area contributed by atoms with E-state index in [-0.39, 0.29) is 24.0 Å². The van der Waals surface area contributed by atoms with Crippen LogP contribution in [0.4, 0.5) is 0 Å². The molecule has 0 saturated carbocycles. The lowest BCUT2D eigenvalue weighted by Crippen LogP contribution is -2.38. The molecule has 0 bridgehead atoms. The van der Waals surface area contributed by atoms with Gasteiger partial charge in [0.2, 0.25) is 0 Å². The Hall–Kier alpha value is -1.65. The lowest BCUT2D eigenvalue weighted by molar-refractivity contribution is 0.465. The van der Waals surface area contributed by atoms with Crippen molar-refractivity contribution >= 4 is 41.5 Å². The first-order valence-electron chi connectivity index (χ1n) is 7.36. The maximum absolute atomic E-state index is 6.02. The number of nitrogens with one attached hydrogen (secondary N) is 1. The van der Waals surface area contributed by atoms with Crippen LogP contribution in [-0.4, -0.2) is 36.1 Å². The number of nitrogens with zero attached hydrogens (tertiary/aromatic N) is 3. The molecule has 0 aliphatic heterocycles. The molecule has 128 valence electrons. The highest BCUT2D eigenvalue weighted by molar-refractivity contribution is 14.0. The Bertz CT molecular complexity index is 728. The van der Waals surface area contributed by atoms with Crippen LogP contribution in [0.1, 0.15) is 11.3 Å².